The molecule has 1 amide bonds. The van der Waals surface area contributed by atoms with Crippen LogP contribution in [0.4, 0.5) is 0 Å². The summed E-state index contributed by atoms with van der Waals surface area (Å²) in [5, 5.41) is 3.97. The van der Waals surface area contributed by atoms with E-state index in [1.807, 2.05) is 24.3 Å². The maximum absolute atomic E-state index is 12.2. The van der Waals surface area contributed by atoms with Gasteiger partial charge >= 0.3 is 0 Å². The summed E-state index contributed by atoms with van der Waals surface area (Å²) in [4.78, 5) is 12.2. The standard InChI is InChI=1S/C19H20N2O4/c1-4-10-25-16-7-5-6-14(11-16)13-20-21-19(22)15-8-9-17(23-2)18(12-15)24-3/h4-9,11-13H,1,10H2,2-3H3,(H,21,22)/b20-13+. The normalized spacial score (nSPS) is 10.3. The maximum atomic E-state index is 12.2. The van der Waals surface area contributed by atoms with Crippen molar-refractivity contribution in [1.29, 1.82) is 0 Å². The lowest BCUT2D eigenvalue weighted by Crippen LogP contribution is -2.17. The molecule has 2 aromatic rings. The fourth-order valence-electron chi connectivity index (χ4n) is 2.05. The van der Waals surface area contributed by atoms with E-state index in [2.05, 4.69) is 17.1 Å². The molecule has 0 atom stereocenters. The average molecular weight is 340 g/mol. The fraction of sp³-hybridized carbons (Fsp3) is 0.158. The molecule has 1 N–H and O–H groups in total. The number of nitrogens with zero attached hydrogens (tertiary/aromatic N) is 1. The molecular weight excluding hydrogens is 320 g/mol. The molecule has 2 rings (SSSR count). The van der Waals surface area contributed by atoms with Crippen molar-refractivity contribution in [3.63, 3.8) is 0 Å². The smallest absolute Gasteiger partial charge is 0.271 e. The van der Waals surface area contributed by atoms with E-state index in [-0.39, 0.29) is 5.91 Å². The lowest BCUT2D eigenvalue weighted by atomic mass is 10.2. The highest BCUT2D eigenvalue weighted by atomic mass is 16.5. The average Bonchev–Trinajstić information content (AvgIpc) is 2.66. The number of amides is 1. The zero-order valence-corrected chi connectivity index (χ0v) is 14.2. The number of methoxy groups -OCH3 is 2. The van der Waals surface area contributed by atoms with Crippen LogP contribution in [0, 0.1) is 0 Å². The number of rotatable bonds is 8. The summed E-state index contributed by atoms with van der Waals surface area (Å²) >= 11 is 0. The Kier molecular flexibility index (Phi) is 6.59. The Hall–Kier alpha value is -3.28. The molecule has 0 aromatic heterocycles. The summed E-state index contributed by atoms with van der Waals surface area (Å²) in [6.07, 6.45) is 3.21. The lowest BCUT2D eigenvalue weighted by molar-refractivity contribution is 0.0954. The fourth-order valence-corrected chi connectivity index (χ4v) is 2.05. The van der Waals surface area contributed by atoms with Crippen LogP contribution in [0.2, 0.25) is 0 Å². The Morgan fingerprint density at radius 1 is 1.16 bits per heavy atom. The van der Waals surface area contributed by atoms with E-state index in [4.69, 9.17) is 14.2 Å². The molecule has 0 aliphatic rings. The molecule has 6 heteroatoms. The van der Waals surface area contributed by atoms with Gasteiger partial charge in [0.1, 0.15) is 12.4 Å². The molecular formula is C19H20N2O4. The molecule has 0 aliphatic heterocycles. The first-order chi connectivity index (χ1) is 12.2. The van der Waals surface area contributed by atoms with Crippen LogP contribution >= 0.6 is 0 Å². The van der Waals surface area contributed by atoms with Crippen LogP contribution in [0.3, 0.4) is 0 Å². The molecule has 130 valence electrons. The largest absolute Gasteiger partial charge is 0.493 e. The Morgan fingerprint density at radius 3 is 2.68 bits per heavy atom. The third-order valence-electron chi connectivity index (χ3n) is 3.25. The number of carbonyl (C=O) groups excluding carboxylic acids is 1. The van der Waals surface area contributed by atoms with Gasteiger partial charge < -0.3 is 14.2 Å². The van der Waals surface area contributed by atoms with Gasteiger partial charge in [-0.25, -0.2) is 5.43 Å². The third kappa shape index (κ3) is 5.10. The highest BCUT2D eigenvalue weighted by Gasteiger charge is 2.09. The van der Waals surface area contributed by atoms with E-state index in [1.54, 1.807) is 30.5 Å². The summed E-state index contributed by atoms with van der Waals surface area (Å²) in [5.41, 5.74) is 3.69. The lowest BCUT2D eigenvalue weighted by Gasteiger charge is -2.08. The second-order valence-corrected chi connectivity index (χ2v) is 4.94. The van der Waals surface area contributed by atoms with E-state index in [0.29, 0.717) is 29.4 Å². The molecule has 2 aromatic carbocycles. The van der Waals surface area contributed by atoms with Gasteiger partial charge in [0.2, 0.25) is 0 Å². The summed E-state index contributed by atoms with van der Waals surface area (Å²) in [5.74, 6) is 1.39. The van der Waals surface area contributed by atoms with Crippen LogP contribution < -0.4 is 19.6 Å². The van der Waals surface area contributed by atoms with Gasteiger partial charge in [-0.2, -0.15) is 5.10 Å². The molecule has 0 spiro atoms. The van der Waals surface area contributed by atoms with Crippen molar-refractivity contribution >= 4 is 12.1 Å². The van der Waals surface area contributed by atoms with Crippen molar-refractivity contribution in [1.82, 2.24) is 5.43 Å². The molecule has 0 radical (unpaired) electrons. The van der Waals surface area contributed by atoms with Crippen molar-refractivity contribution in [3.05, 3.63) is 66.2 Å². The van der Waals surface area contributed by atoms with E-state index in [9.17, 15) is 4.79 Å². The second-order valence-electron chi connectivity index (χ2n) is 4.94. The predicted molar refractivity (Wildman–Crippen MR) is 96.7 cm³/mol. The molecule has 0 unspecified atom stereocenters. The minimum absolute atomic E-state index is 0.351. The maximum Gasteiger partial charge on any atom is 0.271 e. The minimum Gasteiger partial charge on any atom is -0.493 e. The first kappa shape index (κ1) is 18.1. The van der Waals surface area contributed by atoms with Gasteiger partial charge in [-0.15, -0.1) is 0 Å². The van der Waals surface area contributed by atoms with Gasteiger partial charge in [-0.05, 0) is 35.9 Å². The first-order valence-corrected chi connectivity index (χ1v) is 7.57. The highest BCUT2D eigenvalue weighted by Crippen LogP contribution is 2.27. The van der Waals surface area contributed by atoms with E-state index in [1.165, 1.54) is 14.2 Å². The molecule has 0 bridgehead atoms. The topological polar surface area (TPSA) is 69.2 Å². The van der Waals surface area contributed by atoms with Crippen LogP contribution in [-0.4, -0.2) is 32.9 Å². The molecule has 0 heterocycles. The number of carbonyl (C=O) groups is 1. The van der Waals surface area contributed by atoms with Gasteiger partial charge in [0.15, 0.2) is 11.5 Å². The number of nitrogens with one attached hydrogen (secondary N) is 1. The SMILES string of the molecule is C=CCOc1cccc(/C=N/NC(=O)c2ccc(OC)c(OC)c2)c1. The number of hydrazone groups is 1. The molecule has 0 aliphatic carbocycles. The number of hydrogen-bond donors (Lipinski definition) is 1. The summed E-state index contributed by atoms with van der Waals surface area (Å²) < 4.78 is 15.8. The Bertz CT molecular complexity index is 772. The van der Waals surface area contributed by atoms with Crippen molar-refractivity contribution in [2.45, 2.75) is 0 Å². The van der Waals surface area contributed by atoms with Crippen LogP contribution in [-0.2, 0) is 0 Å². The Labute approximate surface area is 146 Å². The van der Waals surface area contributed by atoms with Crippen LogP contribution in [0.25, 0.3) is 0 Å². The van der Waals surface area contributed by atoms with E-state index in [0.717, 1.165) is 5.56 Å². The number of hydrogen-bond acceptors (Lipinski definition) is 5. The molecule has 25 heavy (non-hydrogen) atoms. The third-order valence-corrected chi connectivity index (χ3v) is 3.25. The number of ether oxygens (including phenoxy) is 3. The van der Waals surface area contributed by atoms with Crippen molar-refractivity contribution < 1.29 is 19.0 Å². The Balaban J connectivity index is 2.02. The second kappa shape index (κ2) is 9.12. The van der Waals surface area contributed by atoms with Crippen molar-refractivity contribution in [2.24, 2.45) is 5.10 Å². The zero-order chi connectivity index (χ0) is 18.1. The Morgan fingerprint density at radius 2 is 1.96 bits per heavy atom. The zero-order valence-electron chi connectivity index (χ0n) is 14.2. The van der Waals surface area contributed by atoms with Crippen LogP contribution in [0.15, 0.2) is 60.2 Å². The molecule has 0 saturated carbocycles. The summed E-state index contributed by atoms with van der Waals surface area (Å²) in [6.45, 7) is 4.03. The van der Waals surface area contributed by atoms with E-state index < -0.39 is 0 Å². The van der Waals surface area contributed by atoms with Crippen LogP contribution in [0.5, 0.6) is 17.2 Å². The monoisotopic (exact) mass is 340 g/mol. The van der Waals surface area contributed by atoms with Crippen molar-refractivity contribution in [2.75, 3.05) is 20.8 Å². The van der Waals surface area contributed by atoms with Crippen molar-refractivity contribution in [3.8, 4) is 17.2 Å². The van der Waals surface area contributed by atoms with Gasteiger partial charge in [0.05, 0.1) is 20.4 Å². The predicted octanol–water partition coefficient (Wildman–Crippen LogP) is 3.03. The molecule has 0 saturated heterocycles. The van der Waals surface area contributed by atoms with Gasteiger partial charge in [-0.1, -0.05) is 24.8 Å². The highest BCUT2D eigenvalue weighted by molar-refractivity contribution is 5.95. The minimum atomic E-state index is -0.351. The first-order valence-electron chi connectivity index (χ1n) is 7.57. The summed E-state index contributed by atoms with van der Waals surface area (Å²) in [6, 6.07) is 12.2. The molecule has 0 fully saturated rings. The quantitative estimate of drug-likeness (QED) is 0.456. The molecule has 6 nitrogen and oxygen atoms in total. The van der Waals surface area contributed by atoms with Gasteiger partial charge in [0, 0.05) is 5.56 Å². The van der Waals surface area contributed by atoms with Gasteiger partial charge in [-0.3, -0.25) is 4.79 Å². The number of benzene rings is 2. The van der Waals surface area contributed by atoms with E-state index >= 15 is 0 Å². The van der Waals surface area contributed by atoms with Crippen LogP contribution in [0.1, 0.15) is 15.9 Å². The van der Waals surface area contributed by atoms with Gasteiger partial charge in [0.25, 0.3) is 5.91 Å². The summed E-state index contributed by atoms with van der Waals surface area (Å²) in [7, 11) is 3.05.